The van der Waals surface area contributed by atoms with Crippen molar-refractivity contribution in [1.82, 2.24) is 10.6 Å². The van der Waals surface area contributed by atoms with Crippen LogP contribution in [-0.2, 0) is 4.74 Å². The van der Waals surface area contributed by atoms with E-state index in [9.17, 15) is 0 Å². The van der Waals surface area contributed by atoms with Crippen LogP contribution in [0.15, 0.2) is 4.99 Å². The lowest BCUT2D eigenvalue weighted by atomic mass is 9.89. The van der Waals surface area contributed by atoms with E-state index < -0.39 is 0 Å². The number of nitrogens with zero attached hydrogens (tertiary/aromatic N) is 1. The highest BCUT2D eigenvalue weighted by atomic mass is 127. The molecule has 2 N–H and O–H groups in total. The van der Waals surface area contributed by atoms with Crippen LogP contribution < -0.4 is 10.6 Å². The van der Waals surface area contributed by atoms with Gasteiger partial charge in [-0.2, -0.15) is 11.8 Å². The summed E-state index contributed by atoms with van der Waals surface area (Å²) in [5.41, 5.74) is 0.119. The van der Waals surface area contributed by atoms with Crippen LogP contribution in [0.4, 0.5) is 0 Å². The van der Waals surface area contributed by atoms with Gasteiger partial charge in [0.2, 0.25) is 0 Å². The number of ether oxygens (including phenoxy) is 1. The van der Waals surface area contributed by atoms with Gasteiger partial charge in [0.1, 0.15) is 0 Å². The molecule has 2 unspecified atom stereocenters. The SMILES string of the molecule is CN=C(NCC(OC)C(C)(C)C)NCC1(C)CCCS1.I. The molecule has 1 aliphatic heterocycles. The fourth-order valence-corrected chi connectivity index (χ4v) is 3.64. The predicted octanol–water partition coefficient (Wildman–Crippen LogP) is 3.12. The van der Waals surface area contributed by atoms with Crippen molar-refractivity contribution in [2.24, 2.45) is 10.4 Å². The van der Waals surface area contributed by atoms with E-state index in [0.717, 1.165) is 19.0 Å². The Morgan fingerprint density at radius 2 is 2.05 bits per heavy atom. The molecule has 2 atom stereocenters. The topological polar surface area (TPSA) is 45.7 Å². The first-order valence-electron chi connectivity index (χ1n) is 7.42. The van der Waals surface area contributed by atoms with Crippen molar-refractivity contribution in [2.45, 2.75) is 51.4 Å². The van der Waals surface area contributed by atoms with E-state index in [1.165, 1.54) is 18.6 Å². The van der Waals surface area contributed by atoms with Gasteiger partial charge in [-0.15, -0.1) is 24.0 Å². The third-order valence-electron chi connectivity index (χ3n) is 3.86. The van der Waals surface area contributed by atoms with Crippen molar-refractivity contribution >= 4 is 41.7 Å². The quantitative estimate of drug-likeness (QED) is 0.401. The zero-order valence-corrected chi connectivity index (χ0v) is 17.4. The molecule has 0 aliphatic carbocycles. The number of methoxy groups -OCH3 is 1. The number of guanidine groups is 1. The highest BCUT2D eigenvalue weighted by molar-refractivity contribution is 14.0. The number of rotatable bonds is 5. The van der Waals surface area contributed by atoms with Crippen LogP contribution in [0.25, 0.3) is 0 Å². The number of hydrogen-bond acceptors (Lipinski definition) is 3. The van der Waals surface area contributed by atoms with Crippen molar-refractivity contribution in [3.8, 4) is 0 Å². The second kappa shape index (κ2) is 9.45. The molecule has 0 saturated carbocycles. The molecule has 21 heavy (non-hydrogen) atoms. The van der Waals surface area contributed by atoms with Crippen molar-refractivity contribution in [2.75, 3.05) is 33.0 Å². The van der Waals surface area contributed by atoms with Crippen LogP contribution in [0.5, 0.6) is 0 Å². The van der Waals surface area contributed by atoms with Gasteiger partial charge in [0.15, 0.2) is 5.96 Å². The van der Waals surface area contributed by atoms with Crippen LogP contribution >= 0.6 is 35.7 Å². The first kappa shape index (κ1) is 21.3. The molecule has 0 aromatic heterocycles. The molecular weight excluding hydrogens is 397 g/mol. The summed E-state index contributed by atoms with van der Waals surface area (Å²) in [6.07, 6.45) is 2.77. The zero-order chi connectivity index (χ0) is 15.2. The van der Waals surface area contributed by atoms with Gasteiger partial charge in [0.05, 0.1) is 6.10 Å². The molecule has 0 aromatic carbocycles. The number of halogens is 1. The molecule has 1 heterocycles. The normalized spacial score (nSPS) is 24.4. The Morgan fingerprint density at radius 3 is 2.48 bits per heavy atom. The van der Waals surface area contributed by atoms with Gasteiger partial charge in [0.25, 0.3) is 0 Å². The summed E-state index contributed by atoms with van der Waals surface area (Å²) in [7, 11) is 3.59. The summed E-state index contributed by atoms with van der Waals surface area (Å²) in [5, 5.41) is 6.82. The molecule has 0 radical (unpaired) electrons. The molecule has 0 amide bonds. The lowest BCUT2D eigenvalue weighted by molar-refractivity contribution is 0.0205. The number of aliphatic imine (C=N–C) groups is 1. The summed E-state index contributed by atoms with van der Waals surface area (Å²) in [5.74, 6) is 2.14. The zero-order valence-electron chi connectivity index (χ0n) is 14.3. The summed E-state index contributed by atoms with van der Waals surface area (Å²) in [6, 6.07) is 0. The van der Waals surface area contributed by atoms with Crippen LogP contribution in [-0.4, -0.2) is 49.8 Å². The van der Waals surface area contributed by atoms with Crippen molar-refractivity contribution in [3.63, 3.8) is 0 Å². The van der Waals surface area contributed by atoms with Crippen LogP contribution in [0.2, 0.25) is 0 Å². The summed E-state index contributed by atoms with van der Waals surface area (Å²) in [6.45, 7) is 10.6. The largest absolute Gasteiger partial charge is 0.379 e. The molecule has 1 fully saturated rings. The first-order valence-corrected chi connectivity index (χ1v) is 8.40. The van der Waals surface area contributed by atoms with Gasteiger partial charge in [-0.25, -0.2) is 0 Å². The molecule has 0 aromatic rings. The molecule has 4 nitrogen and oxygen atoms in total. The van der Waals surface area contributed by atoms with E-state index in [2.05, 4.69) is 55.1 Å². The molecule has 1 rings (SSSR count). The Balaban J connectivity index is 0.00000400. The van der Waals surface area contributed by atoms with E-state index in [1.54, 1.807) is 7.11 Å². The molecule has 126 valence electrons. The molecule has 1 aliphatic rings. The minimum atomic E-state index is 0. The van der Waals surface area contributed by atoms with Gasteiger partial charge in [0, 0.05) is 32.0 Å². The monoisotopic (exact) mass is 429 g/mol. The van der Waals surface area contributed by atoms with Gasteiger partial charge >= 0.3 is 0 Å². The Kier molecular flexibility index (Phi) is 9.59. The number of thioether (sulfide) groups is 1. The molecule has 6 heteroatoms. The van der Waals surface area contributed by atoms with Gasteiger partial charge in [-0.05, 0) is 30.9 Å². The Hall–Kier alpha value is 0.310. The minimum absolute atomic E-state index is 0. The standard InChI is InChI=1S/C15H31N3OS.HI/c1-14(2,3)12(19-6)10-17-13(16-5)18-11-15(4)8-7-9-20-15;/h12H,7-11H2,1-6H3,(H2,16,17,18);1H. The van der Waals surface area contributed by atoms with Crippen molar-refractivity contribution < 1.29 is 4.74 Å². The van der Waals surface area contributed by atoms with Crippen LogP contribution in [0.1, 0.15) is 40.5 Å². The third-order valence-corrected chi connectivity index (χ3v) is 5.40. The smallest absolute Gasteiger partial charge is 0.191 e. The van der Waals surface area contributed by atoms with E-state index in [-0.39, 0.29) is 35.5 Å². The van der Waals surface area contributed by atoms with E-state index >= 15 is 0 Å². The van der Waals surface area contributed by atoms with E-state index in [0.29, 0.717) is 4.75 Å². The lowest BCUT2D eigenvalue weighted by Gasteiger charge is -2.30. The van der Waals surface area contributed by atoms with Crippen LogP contribution in [0, 0.1) is 5.41 Å². The highest BCUT2D eigenvalue weighted by Crippen LogP contribution is 2.36. The van der Waals surface area contributed by atoms with Gasteiger partial charge < -0.3 is 15.4 Å². The molecule has 0 spiro atoms. The second-order valence-electron chi connectivity index (χ2n) is 6.80. The van der Waals surface area contributed by atoms with Crippen molar-refractivity contribution in [3.05, 3.63) is 0 Å². The Morgan fingerprint density at radius 1 is 1.38 bits per heavy atom. The fourth-order valence-electron chi connectivity index (χ4n) is 2.40. The Bertz CT molecular complexity index is 325. The summed E-state index contributed by atoms with van der Waals surface area (Å²) < 4.78 is 5.91. The van der Waals surface area contributed by atoms with Gasteiger partial charge in [-0.1, -0.05) is 20.8 Å². The maximum absolute atomic E-state index is 5.56. The third kappa shape index (κ3) is 7.41. The predicted molar refractivity (Wildman–Crippen MR) is 105 cm³/mol. The minimum Gasteiger partial charge on any atom is -0.379 e. The second-order valence-corrected chi connectivity index (χ2v) is 8.48. The maximum atomic E-state index is 5.56. The average Bonchev–Trinajstić information content (AvgIpc) is 2.79. The van der Waals surface area contributed by atoms with Gasteiger partial charge in [-0.3, -0.25) is 4.99 Å². The van der Waals surface area contributed by atoms with Crippen LogP contribution in [0.3, 0.4) is 0 Å². The molecule has 0 bridgehead atoms. The average molecular weight is 429 g/mol. The number of nitrogens with one attached hydrogen (secondary N) is 2. The fraction of sp³-hybridized carbons (Fsp3) is 0.933. The van der Waals surface area contributed by atoms with E-state index in [1.807, 2.05) is 7.05 Å². The molecule has 1 saturated heterocycles. The van der Waals surface area contributed by atoms with E-state index in [4.69, 9.17) is 4.74 Å². The van der Waals surface area contributed by atoms with Crippen molar-refractivity contribution in [1.29, 1.82) is 0 Å². The summed E-state index contributed by atoms with van der Waals surface area (Å²) in [4.78, 5) is 4.30. The lowest BCUT2D eigenvalue weighted by Crippen LogP contribution is -2.48. The maximum Gasteiger partial charge on any atom is 0.191 e. The molecular formula is C15H32IN3OS. The highest BCUT2D eigenvalue weighted by Gasteiger charge is 2.29. The Labute approximate surface area is 151 Å². The summed E-state index contributed by atoms with van der Waals surface area (Å²) >= 11 is 2.06. The number of hydrogen-bond donors (Lipinski definition) is 2. The first-order chi connectivity index (χ1) is 9.30.